The average molecular weight is 248 g/mol. The first-order valence-corrected chi connectivity index (χ1v) is 7.04. The minimum absolute atomic E-state index is 0.316. The van der Waals surface area contributed by atoms with Crippen molar-refractivity contribution in [1.82, 2.24) is 0 Å². The minimum Gasteiger partial charge on any atom is -0.300 e. The molecular weight excluding hydrogens is 227 g/mol. The molecule has 0 aliphatic rings. The molecule has 0 amide bonds. The smallest absolute Gasteiger partial charge is 0.300 e. The van der Waals surface area contributed by atoms with Crippen LogP contribution in [0.25, 0.3) is 0 Å². The maximum absolute atomic E-state index is 12.2. The molecule has 0 atom stereocenters. The zero-order valence-corrected chi connectivity index (χ0v) is 11.5. The first-order chi connectivity index (χ1) is 7.31. The SMILES string of the molecule is CC/C=C/C(=O)P(=O)(OC(C)C)OC(C)C. The largest absolute Gasteiger partial charge is 0.401 e. The zero-order chi connectivity index (χ0) is 12.8. The van der Waals surface area contributed by atoms with Crippen LogP contribution in [0.1, 0.15) is 41.0 Å². The molecular formula is C11H21O4P. The van der Waals surface area contributed by atoms with E-state index >= 15 is 0 Å². The van der Waals surface area contributed by atoms with E-state index in [9.17, 15) is 9.36 Å². The monoisotopic (exact) mass is 248 g/mol. The fourth-order valence-electron chi connectivity index (χ4n) is 0.994. The molecule has 94 valence electrons. The molecule has 0 bridgehead atoms. The van der Waals surface area contributed by atoms with Crippen molar-refractivity contribution in [2.24, 2.45) is 0 Å². The molecule has 16 heavy (non-hydrogen) atoms. The lowest BCUT2D eigenvalue weighted by atomic mass is 10.4. The molecule has 4 nitrogen and oxygen atoms in total. The summed E-state index contributed by atoms with van der Waals surface area (Å²) in [5.74, 6) is 0. The molecule has 0 aliphatic carbocycles. The third-order valence-corrected chi connectivity index (χ3v) is 3.55. The molecule has 0 rings (SSSR count). The summed E-state index contributed by atoms with van der Waals surface area (Å²) in [4.78, 5) is 11.7. The van der Waals surface area contributed by atoms with E-state index in [4.69, 9.17) is 9.05 Å². The minimum atomic E-state index is -3.68. The third-order valence-electron chi connectivity index (χ3n) is 1.47. The first-order valence-electron chi connectivity index (χ1n) is 5.49. The predicted molar refractivity (Wildman–Crippen MR) is 64.5 cm³/mol. The molecule has 0 unspecified atom stereocenters. The number of hydrogen-bond donors (Lipinski definition) is 0. The van der Waals surface area contributed by atoms with Crippen LogP contribution in [0.15, 0.2) is 12.2 Å². The van der Waals surface area contributed by atoms with Crippen LogP contribution in [0, 0.1) is 0 Å². The molecule has 0 spiro atoms. The van der Waals surface area contributed by atoms with Crippen LogP contribution in [0.2, 0.25) is 0 Å². The van der Waals surface area contributed by atoms with Gasteiger partial charge in [0.15, 0.2) is 0 Å². The Labute approximate surface area is 97.6 Å². The lowest BCUT2D eigenvalue weighted by molar-refractivity contribution is -0.110. The van der Waals surface area contributed by atoms with E-state index in [1.165, 1.54) is 6.08 Å². The maximum Gasteiger partial charge on any atom is 0.401 e. The predicted octanol–water partition coefficient (Wildman–Crippen LogP) is 3.52. The van der Waals surface area contributed by atoms with Crippen LogP contribution in [0.4, 0.5) is 0 Å². The highest BCUT2D eigenvalue weighted by molar-refractivity contribution is 7.72. The van der Waals surface area contributed by atoms with Crippen LogP contribution < -0.4 is 0 Å². The summed E-state index contributed by atoms with van der Waals surface area (Å²) in [6.07, 6.45) is 2.98. The summed E-state index contributed by atoms with van der Waals surface area (Å²) in [7, 11) is -3.68. The van der Waals surface area contributed by atoms with Crippen molar-refractivity contribution in [1.29, 1.82) is 0 Å². The Kier molecular flexibility index (Phi) is 6.81. The van der Waals surface area contributed by atoms with E-state index in [0.29, 0.717) is 6.42 Å². The molecule has 0 aromatic rings. The number of hydrogen-bond acceptors (Lipinski definition) is 4. The van der Waals surface area contributed by atoms with Crippen molar-refractivity contribution < 1.29 is 18.4 Å². The van der Waals surface area contributed by atoms with Gasteiger partial charge in [-0.3, -0.25) is 9.36 Å². The summed E-state index contributed by atoms with van der Waals surface area (Å²) in [5.41, 5.74) is -0.586. The van der Waals surface area contributed by atoms with Crippen molar-refractivity contribution in [2.45, 2.75) is 53.2 Å². The maximum atomic E-state index is 12.2. The van der Waals surface area contributed by atoms with Gasteiger partial charge in [-0.1, -0.05) is 13.0 Å². The van der Waals surface area contributed by atoms with E-state index in [-0.39, 0.29) is 12.2 Å². The first kappa shape index (κ1) is 15.6. The van der Waals surface area contributed by atoms with Crippen molar-refractivity contribution in [3.8, 4) is 0 Å². The van der Waals surface area contributed by atoms with Gasteiger partial charge in [-0.2, -0.15) is 0 Å². The fraction of sp³-hybridized carbons (Fsp3) is 0.727. The van der Waals surface area contributed by atoms with E-state index in [2.05, 4.69) is 0 Å². The van der Waals surface area contributed by atoms with E-state index < -0.39 is 13.1 Å². The topological polar surface area (TPSA) is 52.6 Å². The van der Waals surface area contributed by atoms with Crippen LogP contribution >= 0.6 is 7.60 Å². The molecule has 5 heteroatoms. The van der Waals surface area contributed by atoms with Crippen molar-refractivity contribution >= 4 is 13.1 Å². The van der Waals surface area contributed by atoms with Crippen LogP contribution in [-0.2, 0) is 18.4 Å². The van der Waals surface area contributed by atoms with Crippen molar-refractivity contribution in [3.63, 3.8) is 0 Å². The molecule has 0 fully saturated rings. The molecule has 0 N–H and O–H groups in total. The second kappa shape index (κ2) is 7.00. The Morgan fingerprint density at radius 3 is 1.94 bits per heavy atom. The quantitative estimate of drug-likeness (QED) is 0.511. The molecule has 0 aromatic heterocycles. The fourth-order valence-corrected chi connectivity index (χ4v) is 2.65. The molecule has 0 aromatic carbocycles. The van der Waals surface area contributed by atoms with Crippen LogP contribution in [0.3, 0.4) is 0 Å². The van der Waals surface area contributed by atoms with Crippen molar-refractivity contribution in [2.75, 3.05) is 0 Å². The Bertz CT molecular complexity index is 280. The third kappa shape index (κ3) is 5.59. The van der Waals surface area contributed by atoms with Gasteiger partial charge in [-0.05, 0) is 40.2 Å². The summed E-state index contributed by atoms with van der Waals surface area (Å²) in [6, 6.07) is 0. The summed E-state index contributed by atoms with van der Waals surface area (Å²) < 4.78 is 22.5. The number of carbonyl (C=O) groups is 1. The van der Waals surface area contributed by atoms with Gasteiger partial charge in [0.2, 0.25) is 0 Å². The van der Waals surface area contributed by atoms with Crippen LogP contribution in [0.5, 0.6) is 0 Å². The van der Waals surface area contributed by atoms with Gasteiger partial charge in [0.05, 0.1) is 12.2 Å². The zero-order valence-electron chi connectivity index (χ0n) is 10.6. The standard InChI is InChI=1S/C11H21O4P/c1-6-7-8-11(12)16(13,14-9(2)3)15-10(4)5/h7-10H,6H2,1-5H3/b8-7+. The Balaban J connectivity index is 4.84. The molecule has 0 aliphatic heterocycles. The lowest BCUT2D eigenvalue weighted by Crippen LogP contribution is -2.12. The summed E-state index contributed by atoms with van der Waals surface area (Å²) in [5, 5.41) is 0. The molecule has 0 heterocycles. The molecule has 0 saturated heterocycles. The summed E-state index contributed by atoms with van der Waals surface area (Å²) >= 11 is 0. The van der Waals surface area contributed by atoms with Gasteiger partial charge in [0.1, 0.15) is 0 Å². The molecule has 0 radical (unpaired) electrons. The van der Waals surface area contributed by atoms with Gasteiger partial charge in [0, 0.05) is 0 Å². The van der Waals surface area contributed by atoms with Gasteiger partial charge in [-0.25, -0.2) is 0 Å². The summed E-state index contributed by atoms with van der Waals surface area (Å²) in [6.45, 7) is 8.75. The van der Waals surface area contributed by atoms with E-state index in [0.717, 1.165) is 0 Å². The number of rotatable bonds is 7. The van der Waals surface area contributed by atoms with Gasteiger partial charge >= 0.3 is 7.60 Å². The Hall–Kier alpha value is -0.440. The lowest BCUT2D eigenvalue weighted by Gasteiger charge is -2.20. The van der Waals surface area contributed by atoms with Gasteiger partial charge in [-0.15, -0.1) is 0 Å². The van der Waals surface area contributed by atoms with E-state index in [1.807, 2.05) is 6.92 Å². The second-order valence-electron chi connectivity index (χ2n) is 3.95. The number of carbonyl (C=O) groups excluding carboxylic acids is 1. The van der Waals surface area contributed by atoms with Gasteiger partial charge < -0.3 is 9.05 Å². The number of allylic oxidation sites excluding steroid dienone is 2. The Morgan fingerprint density at radius 1 is 1.19 bits per heavy atom. The Morgan fingerprint density at radius 2 is 1.62 bits per heavy atom. The second-order valence-corrected chi connectivity index (χ2v) is 5.81. The highest BCUT2D eigenvalue weighted by Crippen LogP contribution is 2.51. The normalized spacial score (nSPS) is 12.9. The van der Waals surface area contributed by atoms with Crippen LogP contribution in [-0.4, -0.2) is 17.7 Å². The molecule has 0 saturated carbocycles. The highest BCUT2D eigenvalue weighted by Gasteiger charge is 2.34. The highest BCUT2D eigenvalue weighted by atomic mass is 31.2. The average Bonchev–Trinajstić information content (AvgIpc) is 2.11. The van der Waals surface area contributed by atoms with Gasteiger partial charge in [0.25, 0.3) is 5.52 Å². The van der Waals surface area contributed by atoms with Crippen molar-refractivity contribution in [3.05, 3.63) is 12.2 Å². The van der Waals surface area contributed by atoms with E-state index in [1.54, 1.807) is 33.8 Å².